The molecule has 0 saturated heterocycles. The van der Waals surface area contributed by atoms with Crippen molar-refractivity contribution in [1.82, 2.24) is 0 Å². The van der Waals surface area contributed by atoms with Gasteiger partial charge in [0.1, 0.15) is 5.82 Å². The number of nitrogens with one attached hydrogen (secondary N) is 1. The third kappa shape index (κ3) is 4.92. The molecule has 0 unspecified atom stereocenters. The van der Waals surface area contributed by atoms with Crippen molar-refractivity contribution in [3.8, 4) is 0 Å². The number of carbonyl (C=O) groups excluding carboxylic acids is 2. The highest BCUT2D eigenvalue weighted by molar-refractivity contribution is 9.10. The Balaban J connectivity index is 1.81. The Bertz CT molecular complexity index is 1120. The molecular formula is C20H19Br2FN2O4S. The first kappa shape index (κ1) is 22.9. The Hall–Kier alpha value is -1.78. The summed E-state index contributed by atoms with van der Waals surface area (Å²) in [6, 6.07) is 7.43. The fraction of sp³-hybridized carbons (Fsp3) is 0.300. The van der Waals surface area contributed by atoms with Crippen LogP contribution in [-0.4, -0.2) is 32.5 Å². The summed E-state index contributed by atoms with van der Waals surface area (Å²) >= 11 is 6.46. The van der Waals surface area contributed by atoms with Crippen LogP contribution in [0.2, 0.25) is 0 Å². The number of fused-ring (bicyclic) bond motifs is 1. The molecule has 0 radical (unpaired) electrons. The summed E-state index contributed by atoms with van der Waals surface area (Å²) in [5, 5.41) is 2.39. The molecule has 2 aromatic carbocycles. The lowest BCUT2D eigenvalue weighted by Gasteiger charge is -2.20. The fourth-order valence-electron chi connectivity index (χ4n) is 3.29. The molecule has 1 aliphatic rings. The van der Waals surface area contributed by atoms with Crippen LogP contribution in [0.25, 0.3) is 0 Å². The Morgan fingerprint density at radius 3 is 2.57 bits per heavy atom. The summed E-state index contributed by atoms with van der Waals surface area (Å²) in [6.07, 6.45) is 0.476. The normalized spacial score (nSPS) is 13.3. The van der Waals surface area contributed by atoms with Gasteiger partial charge in [-0.2, -0.15) is 0 Å². The molecule has 2 aromatic rings. The number of benzene rings is 2. The van der Waals surface area contributed by atoms with Crippen molar-refractivity contribution in [2.75, 3.05) is 22.5 Å². The topological polar surface area (TPSA) is 83.6 Å². The molecule has 0 bridgehead atoms. The summed E-state index contributed by atoms with van der Waals surface area (Å²) in [4.78, 5) is 26.0. The maximum atomic E-state index is 13.9. The van der Waals surface area contributed by atoms with Crippen LogP contribution in [-0.2, 0) is 25.8 Å². The van der Waals surface area contributed by atoms with E-state index in [1.807, 2.05) is 0 Å². The van der Waals surface area contributed by atoms with Crippen molar-refractivity contribution in [2.24, 2.45) is 0 Å². The van der Waals surface area contributed by atoms with Crippen molar-refractivity contribution in [3.05, 3.63) is 50.7 Å². The van der Waals surface area contributed by atoms with E-state index in [1.165, 1.54) is 23.1 Å². The molecule has 0 atom stereocenters. The summed E-state index contributed by atoms with van der Waals surface area (Å²) < 4.78 is 41.1. The third-order valence-electron chi connectivity index (χ3n) is 4.73. The quantitative estimate of drug-likeness (QED) is 0.564. The highest BCUT2D eigenvalue weighted by Crippen LogP contribution is 2.38. The molecule has 3 rings (SSSR count). The molecule has 30 heavy (non-hydrogen) atoms. The van der Waals surface area contributed by atoms with Gasteiger partial charge in [-0.05, 0) is 42.3 Å². The van der Waals surface area contributed by atoms with Gasteiger partial charge < -0.3 is 10.2 Å². The molecule has 0 saturated carbocycles. The molecule has 0 aromatic heterocycles. The van der Waals surface area contributed by atoms with E-state index in [2.05, 4.69) is 37.2 Å². The number of halogens is 3. The van der Waals surface area contributed by atoms with Crippen molar-refractivity contribution in [2.45, 2.75) is 31.1 Å². The smallest absolute Gasteiger partial charge is 0.226 e. The van der Waals surface area contributed by atoms with Crippen molar-refractivity contribution in [3.63, 3.8) is 0 Å². The minimum absolute atomic E-state index is 0.0220. The second-order valence-electron chi connectivity index (χ2n) is 6.80. The first-order valence-electron chi connectivity index (χ1n) is 9.23. The largest absolute Gasteiger partial charge is 0.324 e. The van der Waals surface area contributed by atoms with Crippen LogP contribution in [0, 0.1) is 5.82 Å². The molecule has 0 aliphatic carbocycles. The molecule has 160 valence electrons. The molecule has 0 spiro atoms. The van der Waals surface area contributed by atoms with Gasteiger partial charge >= 0.3 is 0 Å². The van der Waals surface area contributed by atoms with Crippen molar-refractivity contribution < 1.29 is 22.4 Å². The average Bonchev–Trinajstić information content (AvgIpc) is 3.11. The van der Waals surface area contributed by atoms with E-state index in [-0.39, 0.29) is 29.3 Å². The molecule has 1 heterocycles. The van der Waals surface area contributed by atoms with Crippen LogP contribution in [0.4, 0.5) is 15.8 Å². The van der Waals surface area contributed by atoms with E-state index in [9.17, 15) is 22.4 Å². The molecular weight excluding hydrogens is 543 g/mol. The first-order valence-corrected chi connectivity index (χ1v) is 12.5. The highest BCUT2D eigenvalue weighted by atomic mass is 79.9. The van der Waals surface area contributed by atoms with Crippen LogP contribution < -0.4 is 10.2 Å². The average molecular weight is 562 g/mol. The molecule has 2 amide bonds. The fourth-order valence-corrected chi connectivity index (χ4v) is 5.79. The Morgan fingerprint density at radius 2 is 1.90 bits per heavy atom. The zero-order valence-corrected chi connectivity index (χ0v) is 20.0. The van der Waals surface area contributed by atoms with Gasteiger partial charge in [0.15, 0.2) is 9.84 Å². The number of carbonyl (C=O) groups is 2. The van der Waals surface area contributed by atoms with Crippen molar-refractivity contribution >= 4 is 64.9 Å². The Morgan fingerprint density at radius 1 is 1.17 bits per heavy atom. The van der Waals surface area contributed by atoms with E-state index >= 15 is 0 Å². The zero-order valence-electron chi connectivity index (χ0n) is 16.0. The first-order chi connectivity index (χ1) is 14.1. The standard InChI is InChI=1S/C20H19Br2FN2O4S/c1-2-19(27)25-7-5-12-9-14(22)11-17(20(12)25)30(28,29)8-6-18(26)24-16-4-3-13(21)10-15(16)23/h3-4,9-11H,2,5-8H2,1H3,(H,24,26). The number of rotatable bonds is 6. The molecule has 6 nitrogen and oxygen atoms in total. The summed E-state index contributed by atoms with van der Waals surface area (Å²) in [7, 11) is -3.87. The van der Waals surface area contributed by atoms with Gasteiger partial charge in [0.2, 0.25) is 11.8 Å². The molecule has 0 fully saturated rings. The number of sulfone groups is 1. The van der Waals surface area contributed by atoms with E-state index in [4.69, 9.17) is 0 Å². The summed E-state index contributed by atoms with van der Waals surface area (Å²) in [5.41, 5.74) is 1.14. The predicted molar refractivity (Wildman–Crippen MR) is 120 cm³/mol. The van der Waals surface area contributed by atoms with E-state index < -0.39 is 27.3 Å². The van der Waals surface area contributed by atoms with Crippen LogP contribution in [0.3, 0.4) is 0 Å². The number of hydrogen-bond acceptors (Lipinski definition) is 4. The monoisotopic (exact) mass is 560 g/mol. The molecule has 1 aliphatic heterocycles. The minimum Gasteiger partial charge on any atom is -0.324 e. The summed E-state index contributed by atoms with van der Waals surface area (Å²) in [6.45, 7) is 2.14. The van der Waals surface area contributed by atoms with Gasteiger partial charge in [-0.25, -0.2) is 12.8 Å². The summed E-state index contributed by atoms with van der Waals surface area (Å²) in [5.74, 6) is -1.86. The van der Waals surface area contributed by atoms with Crippen LogP contribution in [0.5, 0.6) is 0 Å². The van der Waals surface area contributed by atoms with Gasteiger partial charge in [0.05, 0.1) is 22.0 Å². The predicted octanol–water partition coefficient (Wildman–Crippen LogP) is 4.45. The molecule has 10 heteroatoms. The lowest BCUT2D eigenvalue weighted by atomic mass is 10.2. The Kier molecular flexibility index (Phi) is 6.98. The number of amides is 2. The van der Waals surface area contributed by atoms with Crippen molar-refractivity contribution in [1.29, 1.82) is 0 Å². The Labute approximate surface area is 191 Å². The molecule has 1 N–H and O–H groups in total. The maximum absolute atomic E-state index is 13.9. The van der Waals surface area contributed by atoms with Crippen LogP contribution in [0.1, 0.15) is 25.3 Å². The number of nitrogens with zero attached hydrogens (tertiary/aromatic N) is 1. The lowest BCUT2D eigenvalue weighted by Crippen LogP contribution is -2.29. The maximum Gasteiger partial charge on any atom is 0.226 e. The van der Waals surface area contributed by atoms with E-state index in [0.717, 1.165) is 5.56 Å². The lowest BCUT2D eigenvalue weighted by molar-refractivity contribution is -0.118. The van der Waals surface area contributed by atoms with E-state index in [0.29, 0.717) is 27.6 Å². The van der Waals surface area contributed by atoms with Gasteiger partial charge in [0, 0.05) is 28.3 Å². The van der Waals surface area contributed by atoms with Crippen LogP contribution in [0.15, 0.2) is 44.2 Å². The zero-order chi connectivity index (χ0) is 22.1. The minimum atomic E-state index is -3.87. The second kappa shape index (κ2) is 9.15. The highest BCUT2D eigenvalue weighted by Gasteiger charge is 2.32. The number of hydrogen-bond donors (Lipinski definition) is 1. The van der Waals surface area contributed by atoms with E-state index in [1.54, 1.807) is 19.1 Å². The number of anilines is 2. The van der Waals surface area contributed by atoms with Gasteiger partial charge in [-0.1, -0.05) is 38.8 Å². The van der Waals surface area contributed by atoms with Crippen LogP contribution >= 0.6 is 31.9 Å². The van der Waals surface area contributed by atoms with Gasteiger partial charge in [-0.15, -0.1) is 0 Å². The van der Waals surface area contributed by atoms with Gasteiger partial charge in [-0.3, -0.25) is 9.59 Å². The SMILES string of the molecule is CCC(=O)N1CCc2cc(Br)cc(S(=O)(=O)CCC(=O)Nc3ccc(Br)cc3F)c21. The third-order valence-corrected chi connectivity index (χ3v) is 7.41. The second-order valence-corrected chi connectivity index (χ2v) is 10.7. The van der Waals surface area contributed by atoms with Gasteiger partial charge in [0.25, 0.3) is 0 Å².